The number of rotatable bonds is 4. The molecule has 2 aliphatic heterocycles. The topological polar surface area (TPSA) is 69.9 Å². The number of carbonyl (C=O) groups excluding carboxylic acids is 1. The molecule has 0 aliphatic carbocycles. The van der Waals surface area contributed by atoms with Gasteiger partial charge in [-0.15, -0.1) is 0 Å². The number of hydrogen-bond acceptors (Lipinski definition) is 5. The summed E-state index contributed by atoms with van der Waals surface area (Å²) in [6.07, 6.45) is 1.62. The largest absolute Gasteiger partial charge is 0.370 e. The van der Waals surface area contributed by atoms with Crippen molar-refractivity contribution in [1.29, 1.82) is 0 Å². The first-order chi connectivity index (χ1) is 14.0. The Balaban J connectivity index is 1.43. The van der Waals surface area contributed by atoms with E-state index in [-0.39, 0.29) is 23.5 Å². The number of nitro benzene ring substituents is 1. The number of halogens is 1. The van der Waals surface area contributed by atoms with E-state index in [1.807, 2.05) is 0 Å². The predicted molar refractivity (Wildman–Crippen MR) is 109 cm³/mol. The fraction of sp³-hybridized carbons (Fsp3) is 0.381. The summed E-state index contributed by atoms with van der Waals surface area (Å²) in [5.41, 5.74) is 1.56. The second-order valence-electron chi connectivity index (χ2n) is 7.42. The number of nitrogens with zero attached hydrogens (tertiary/aromatic N) is 4. The van der Waals surface area contributed by atoms with Gasteiger partial charge >= 0.3 is 0 Å². The van der Waals surface area contributed by atoms with Crippen LogP contribution in [0.25, 0.3) is 0 Å². The molecule has 1 atom stereocenters. The molecule has 0 N–H and O–H groups in total. The highest BCUT2D eigenvalue weighted by Crippen LogP contribution is 2.28. The first kappa shape index (κ1) is 19.3. The first-order valence-corrected chi connectivity index (χ1v) is 9.83. The molecule has 0 radical (unpaired) electrons. The van der Waals surface area contributed by atoms with E-state index >= 15 is 0 Å². The van der Waals surface area contributed by atoms with Crippen molar-refractivity contribution in [1.82, 2.24) is 4.90 Å². The van der Waals surface area contributed by atoms with E-state index in [4.69, 9.17) is 0 Å². The lowest BCUT2D eigenvalue weighted by Crippen LogP contribution is -2.43. The minimum Gasteiger partial charge on any atom is -0.370 e. The number of hydrogen-bond donors (Lipinski definition) is 0. The summed E-state index contributed by atoms with van der Waals surface area (Å²) in [5.74, 6) is -0.247. The van der Waals surface area contributed by atoms with Gasteiger partial charge in [0.15, 0.2) is 0 Å². The maximum atomic E-state index is 13.2. The van der Waals surface area contributed by atoms with Crippen LogP contribution < -0.4 is 9.80 Å². The smallest absolute Gasteiger partial charge is 0.271 e. The summed E-state index contributed by atoms with van der Waals surface area (Å²) < 4.78 is 13.2. The Kier molecular flexibility index (Phi) is 5.44. The fourth-order valence-electron chi connectivity index (χ4n) is 4.19. The first-order valence-electron chi connectivity index (χ1n) is 9.83. The van der Waals surface area contributed by atoms with Crippen molar-refractivity contribution < 1.29 is 14.1 Å². The van der Waals surface area contributed by atoms with Gasteiger partial charge in [0.2, 0.25) is 5.91 Å². The van der Waals surface area contributed by atoms with Crippen LogP contribution in [-0.4, -0.2) is 54.5 Å². The summed E-state index contributed by atoms with van der Waals surface area (Å²) in [5, 5.41) is 11.0. The molecule has 4 rings (SSSR count). The van der Waals surface area contributed by atoms with Crippen LogP contribution in [0.1, 0.15) is 12.8 Å². The van der Waals surface area contributed by atoms with Crippen molar-refractivity contribution in [3.63, 3.8) is 0 Å². The quantitative estimate of drug-likeness (QED) is 0.585. The van der Waals surface area contributed by atoms with Gasteiger partial charge in [0, 0.05) is 50.5 Å². The van der Waals surface area contributed by atoms with Crippen LogP contribution in [0.5, 0.6) is 0 Å². The zero-order valence-corrected chi connectivity index (χ0v) is 16.0. The summed E-state index contributed by atoms with van der Waals surface area (Å²) in [6.45, 7) is 3.75. The highest BCUT2D eigenvalue weighted by Gasteiger charge is 2.37. The molecule has 8 heteroatoms. The van der Waals surface area contributed by atoms with Crippen molar-refractivity contribution in [2.75, 3.05) is 42.5 Å². The Hall–Kier alpha value is -3.00. The second-order valence-corrected chi connectivity index (χ2v) is 7.42. The van der Waals surface area contributed by atoms with Crippen LogP contribution in [0.2, 0.25) is 0 Å². The van der Waals surface area contributed by atoms with Crippen LogP contribution in [0.3, 0.4) is 0 Å². The highest BCUT2D eigenvalue weighted by atomic mass is 19.1. The van der Waals surface area contributed by atoms with Gasteiger partial charge in [0.05, 0.1) is 16.7 Å². The third kappa shape index (κ3) is 4.07. The third-order valence-corrected chi connectivity index (χ3v) is 5.69. The van der Waals surface area contributed by atoms with E-state index in [1.54, 1.807) is 29.2 Å². The molecule has 1 amide bonds. The van der Waals surface area contributed by atoms with Crippen molar-refractivity contribution >= 4 is 23.0 Å². The fourth-order valence-corrected chi connectivity index (χ4v) is 4.19. The van der Waals surface area contributed by atoms with Crippen molar-refractivity contribution in [2.24, 2.45) is 0 Å². The number of carbonyl (C=O) groups is 1. The average Bonchev–Trinajstić information content (AvgIpc) is 2.95. The molecule has 7 nitrogen and oxygen atoms in total. The van der Waals surface area contributed by atoms with Crippen molar-refractivity contribution in [3.05, 3.63) is 64.5 Å². The molecule has 2 fully saturated rings. The van der Waals surface area contributed by atoms with E-state index in [9.17, 15) is 19.3 Å². The van der Waals surface area contributed by atoms with Crippen LogP contribution in [0, 0.1) is 15.9 Å². The zero-order valence-electron chi connectivity index (χ0n) is 16.0. The van der Waals surface area contributed by atoms with Crippen LogP contribution in [-0.2, 0) is 4.79 Å². The van der Waals surface area contributed by atoms with Gasteiger partial charge in [-0.05, 0) is 43.2 Å². The van der Waals surface area contributed by atoms with Gasteiger partial charge < -0.3 is 9.80 Å². The summed E-state index contributed by atoms with van der Waals surface area (Å²) in [4.78, 5) is 29.7. The van der Waals surface area contributed by atoms with E-state index < -0.39 is 4.92 Å². The number of anilines is 2. The van der Waals surface area contributed by atoms with Crippen LogP contribution in [0.15, 0.2) is 48.5 Å². The molecule has 2 aromatic carbocycles. The van der Waals surface area contributed by atoms with Crippen molar-refractivity contribution in [2.45, 2.75) is 18.9 Å². The molecule has 152 valence electrons. The van der Waals surface area contributed by atoms with E-state index in [0.29, 0.717) is 18.7 Å². The monoisotopic (exact) mass is 398 g/mol. The number of amides is 1. The van der Waals surface area contributed by atoms with Gasteiger partial charge in [-0.25, -0.2) is 4.39 Å². The molecule has 0 spiro atoms. The maximum absolute atomic E-state index is 13.2. The summed E-state index contributed by atoms with van der Waals surface area (Å²) in [7, 11) is 0. The minimum absolute atomic E-state index is 0.000676. The predicted octanol–water partition coefficient (Wildman–Crippen LogP) is 3.05. The Bertz CT molecular complexity index is 905. The summed E-state index contributed by atoms with van der Waals surface area (Å²) in [6, 6.07) is 12.5. The number of benzene rings is 2. The Morgan fingerprint density at radius 2 is 1.76 bits per heavy atom. The van der Waals surface area contributed by atoms with Crippen LogP contribution in [0.4, 0.5) is 21.5 Å². The van der Waals surface area contributed by atoms with Gasteiger partial charge in [-0.1, -0.05) is 6.07 Å². The standard InChI is InChI=1S/C21H23FN4O3/c22-16-5-7-17(8-6-16)23-10-2-11-24(14-13-23)20-9-12-25(21(20)27)18-3-1-4-19(15-18)26(28)29/h1,3-8,15,20H,2,9-14H2. The lowest BCUT2D eigenvalue weighted by molar-refractivity contribution is -0.384. The SMILES string of the molecule is O=C1C(N2CCCN(c3ccc(F)cc3)CC2)CCN1c1cccc([N+](=O)[O-])c1. The normalized spacial score (nSPS) is 20.7. The lowest BCUT2D eigenvalue weighted by atomic mass is 10.2. The molecule has 0 aromatic heterocycles. The molecular weight excluding hydrogens is 375 g/mol. The molecule has 0 saturated carbocycles. The van der Waals surface area contributed by atoms with E-state index in [0.717, 1.165) is 38.3 Å². The molecule has 2 aliphatic rings. The van der Waals surface area contributed by atoms with Crippen LogP contribution >= 0.6 is 0 Å². The summed E-state index contributed by atoms with van der Waals surface area (Å²) >= 11 is 0. The van der Waals surface area contributed by atoms with Crippen molar-refractivity contribution in [3.8, 4) is 0 Å². The molecular formula is C21H23FN4O3. The minimum atomic E-state index is -0.444. The molecule has 2 aromatic rings. The highest BCUT2D eigenvalue weighted by molar-refractivity contribution is 5.99. The molecule has 2 saturated heterocycles. The molecule has 1 unspecified atom stereocenters. The Morgan fingerprint density at radius 1 is 0.966 bits per heavy atom. The van der Waals surface area contributed by atoms with E-state index in [1.165, 1.54) is 24.3 Å². The van der Waals surface area contributed by atoms with Gasteiger partial charge in [-0.3, -0.25) is 19.8 Å². The Morgan fingerprint density at radius 3 is 2.52 bits per heavy atom. The third-order valence-electron chi connectivity index (χ3n) is 5.69. The zero-order chi connectivity index (χ0) is 20.4. The maximum Gasteiger partial charge on any atom is 0.271 e. The number of non-ortho nitro benzene ring substituents is 1. The Labute approximate surface area is 168 Å². The average molecular weight is 398 g/mol. The van der Waals surface area contributed by atoms with Gasteiger partial charge in [0.25, 0.3) is 5.69 Å². The molecule has 0 bridgehead atoms. The lowest BCUT2D eigenvalue weighted by Gasteiger charge is -2.27. The molecule has 29 heavy (non-hydrogen) atoms. The van der Waals surface area contributed by atoms with Gasteiger partial charge in [0.1, 0.15) is 5.82 Å². The van der Waals surface area contributed by atoms with Gasteiger partial charge in [-0.2, -0.15) is 0 Å². The van der Waals surface area contributed by atoms with E-state index in [2.05, 4.69) is 9.80 Å². The second kappa shape index (κ2) is 8.16. The molecule has 2 heterocycles. The number of nitro groups is 1.